The summed E-state index contributed by atoms with van der Waals surface area (Å²) in [6, 6.07) is 0. The van der Waals surface area contributed by atoms with Crippen LogP contribution in [0.2, 0.25) is 0 Å². The number of esters is 1. The first-order valence-corrected chi connectivity index (χ1v) is 10.4. The highest BCUT2D eigenvalue weighted by Crippen LogP contribution is 2.13. The largest absolute Gasteiger partial charge is 0.469 e. The van der Waals surface area contributed by atoms with Gasteiger partial charge in [0.05, 0.1) is 7.11 Å². The quantitative estimate of drug-likeness (QED) is 0.152. The lowest BCUT2D eigenvalue weighted by Crippen LogP contribution is -1.99. The molecular formula is C21H42O4. The average Bonchev–Trinajstić information content (AvgIpc) is 2.63. The molecule has 0 fully saturated rings. The van der Waals surface area contributed by atoms with E-state index in [0.29, 0.717) is 13.2 Å². The van der Waals surface area contributed by atoms with Crippen LogP contribution < -0.4 is 0 Å². The Kier molecular flexibility index (Phi) is 20.9. The van der Waals surface area contributed by atoms with Crippen molar-refractivity contribution in [3.05, 3.63) is 0 Å². The molecule has 0 aromatic carbocycles. The molecule has 0 aliphatic heterocycles. The van der Waals surface area contributed by atoms with E-state index >= 15 is 0 Å². The zero-order valence-corrected chi connectivity index (χ0v) is 16.9. The predicted octanol–water partition coefficient (Wildman–Crippen LogP) is 6.02. The van der Waals surface area contributed by atoms with Crippen LogP contribution in [0.5, 0.6) is 0 Å². The highest BCUT2D eigenvalue weighted by Gasteiger charge is 1.99. The van der Waals surface area contributed by atoms with Gasteiger partial charge in [0, 0.05) is 20.1 Å². The Hall–Kier alpha value is -0.610. The number of hydrogen-bond acceptors (Lipinski definition) is 4. The Bertz CT molecular complexity index is 269. The molecule has 0 amide bonds. The first kappa shape index (κ1) is 24.4. The molecule has 0 heterocycles. The van der Waals surface area contributed by atoms with Crippen molar-refractivity contribution in [1.29, 1.82) is 0 Å². The second-order valence-corrected chi connectivity index (χ2v) is 6.94. The van der Waals surface area contributed by atoms with Crippen molar-refractivity contribution in [3.8, 4) is 0 Å². The molecule has 0 rings (SSSR count). The highest BCUT2D eigenvalue weighted by molar-refractivity contribution is 5.68. The number of carbonyl (C=O) groups is 1. The fraction of sp³-hybridized carbons (Fsp3) is 0.952. The minimum atomic E-state index is -0.0731. The maximum Gasteiger partial charge on any atom is 0.305 e. The van der Waals surface area contributed by atoms with Crippen LogP contribution in [-0.4, -0.2) is 33.6 Å². The van der Waals surface area contributed by atoms with E-state index in [0.717, 1.165) is 25.9 Å². The zero-order valence-electron chi connectivity index (χ0n) is 16.9. The van der Waals surface area contributed by atoms with E-state index in [2.05, 4.69) is 4.74 Å². The summed E-state index contributed by atoms with van der Waals surface area (Å²) in [7, 11) is 3.12. The molecule has 0 radical (unpaired) electrons. The Balaban J connectivity index is 2.99. The molecule has 0 aromatic rings. The molecule has 4 heteroatoms. The summed E-state index contributed by atoms with van der Waals surface area (Å²) in [4.78, 5) is 11.0. The van der Waals surface area contributed by atoms with Crippen LogP contribution in [0.25, 0.3) is 0 Å². The second-order valence-electron chi connectivity index (χ2n) is 6.94. The third-order valence-corrected chi connectivity index (χ3v) is 4.60. The third kappa shape index (κ3) is 21.3. The van der Waals surface area contributed by atoms with Gasteiger partial charge in [-0.2, -0.15) is 0 Å². The first-order valence-electron chi connectivity index (χ1n) is 10.4. The fourth-order valence-corrected chi connectivity index (χ4v) is 3.02. The van der Waals surface area contributed by atoms with Crippen LogP contribution in [0.15, 0.2) is 0 Å². The van der Waals surface area contributed by atoms with E-state index in [1.54, 1.807) is 7.11 Å². The molecule has 0 saturated heterocycles. The highest BCUT2D eigenvalue weighted by atomic mass is 16.7. The van der Waals surface area contributed by atoms with Crippen LogP contribution in [0, 0.1) is 0 Å². The van der Waals surface area contributed by atoms with Crippen molar-refractivity contribution in [2.45, 2.75) is 103 Å². The fourth-order valence-electron chi connectivity index (χ4n) is 3.02. The number of hydrogen-bond donors (Lipinski definition) is 0. The zero-order chi connectivity index (χ0) is 18.4. The van der Waals surface area contributed by atoms with Crippen LogP contribution in [0.4, 0.5) is 0 Å². The van der Waals surface area contributed by atoms with Gasteiger partial charge in [0.25, 0.3) is 0 Å². The molecular weight excluding hydrogens is 316 g/mol. The summed E-state index contributed by atoms with van der Waals surface area (Å²) >= 11 is 0. The molecule has 0 aromatic heterocycles. The standard InChI is InChI=1S/C21H42O4/c1-23-20-25-19-17-15-13-11-9-7-5-3-4-6-8-10-12-14-16-18-21(22)24-2/h3-20H2,1-2H3. The Morgan fingerprint density at radius 1 is 0.600 bits per heavy atom. The molecule has 0 bridgehead atoms. The summed E-state index contributed by atoms with van der Waals surface area (Å²) in [5.41, 5.74) is 0. The topological polar surface area (TPSA) is 44.8 Å². The lowest BCUT2D eigenvalue weighted by Gasteiger charge is -2.04. The number of rotatable bonds is 20. The van der Waals surface area contributed by atoms with E-state index in [1.807, 2.05) is 0 Å². The average molecular weight is 359 g/mol. The monoisotopic (exact) mass is 358 g/mol. The molecule has 150 valence electrons. The van der Waals surface area contributed by atoms with E-state index in [9.17, 15) is 4.79 Å². The number of ether oxygens (including phenoxy) is 3. The van der Waals surface area contributed by atoms with Crippen molar-refractivity contribution in [2.24, 2.45) is 0 Å². The Morgan fingerprint density at radius 2 is 1.00 bits per heavy atom. The maximum atomic E-state index is 11.0. The molecule has 0 aliphatic carbocycles. The summed E-state index contributed by atoms with van der Waals surface area (Å²) in [6.45, 7) is 1.26. The van der Waals surface area contributed by atoms with Gasteiger partial charge >= 0.3 is 5.97 Å². The summed E-state index contributed by atoms with van der Waals surface area (Å²) in [6.07, 6.45) is 20.1. The number of methoxy groups -OCH3 is 2. The van der Waals surface area contributed by atoms with Crippen molar-refractivity contribution in [2.75, 3.05) is 27.6 Å². The van der Waals surface area contributed by atoms with E-state index in [1.165, 1.54) is 84.2 Å². The summed E-state index contributed by atoms with van der Waals surface area (Å²) < 4.78 is 14.8. The van der Waals surface area contributed by atoms with Gasteiger partial charge in [-0.3, -0.25) is 4.79 Å². The minimum Gasteiger partial charge on any atom is -0.469 e. The number of carbonyl (C=O) groups excluding carboxylic acids is 1. The number of unbranched alkanes of at least 4 members (excludes halogenated alkanes) is 14. The Morgan fingerprint density at radius 3 is 1.40 bits per heavy atom. The van der Waals surface area contributed by atoms with Crippen LogP contribution >= 0.6 is 0 Å². The minimum absolute atomic E-state index is 0.0731. The summed E-state index contributed by atoms with van der Waals surface area (Å²) in [5, 5.41) is 0. The van der Waals surface area contributed by atoms with Gasteiger partial charge in [-0.05, 0) is 12.8 Å². The van der Waals surface area contributed by atoms with Gasteiger partial charge in [-0.25, -0.2) is 0 Å². The Labute approximate surface area is 156 Å². The van der Waals surface area contributed by atoms with Gasteiger partial charge in [0.1, 0.15) is 6.79 Å². The smallest absolute Gasteiger partial charge is 0.305 e. The van der Waals surface area contributed by atoms with Crippen LogP contribution in [0.3, 0.4) is 0 Å². The maximum absolute atomic E-state index is 11.0. The van der Waals surface area contributed by atoms with Crippen molar-refractivity contribution in [3.63, 3.8) is 0 Å². The SMILES string of the molecule is COCOCCCCCCCCCCCCCCCCCC(=O)OC. The third-order valence-electron chi connectivity index (χ3n) is 4.60. The molecule has 0 N–H and O–H groups in total. The van der Waals surface area contributed by atoms with Gasteiger partial charge in [0.2, 0.25) is 0 Å². The summed E-state index contributed by atoms with van der Waals surface area (Å²) in [5.74, 6) is -0.0731. The van der Waals surface area contributed by atoms with Crippen molar-refractivity contribution in [1.82, 2.24) is 0 Å². The predicted molar refractivity (Wildman–Crippen MR) is 104 cm³/mol. The first-order chi connectivity index (χ1) is 12.3. The van der Waals surface area contributed by atoms with Crippen LogP contribution in [0.1, 0.15) is 103 Å². The second kappa shape index (κ2) is 21.4. The molecule has 4 nitrogen and oxygen atoms in total. The van der Waals surface area contributed by atoms with E-state index in [-0.39, 0.29) is 5.97 Å². The molecule has 0 unspecified atom stereocenters. The van der Waals surface area contributed by atoms with Crippen molar-refractivity contribution < 1.29 is 19.0 Å². The van der Waals surface area contributed by atoms with Gasteiger partial charge in [-0.15, -0.1) is 0 Å². The molecule has 0 saturated carbocycles. The molecule has 0 spiro atoms. The van der Waals surface area contributed by atoms with Gasteiger partial charge < -0.3 is 14.2 Å². The van der Waals surface area contributed by atoms with Crippen LogP contribution in [-0.2, 0) is 19.0 Å². The van der Waals surface area contributed by atoms with Crippen molar-refractivity contribution >= 4 is 5.97 Å². The van der Waals surface area contributed by atoms with Gasteiger partial charge in [-0.1, -0.05) is 83.5 Å². The van der Waals surface area contributed by atoms with Gasteiger partial charge in [0.15, 0.2) is 0 Å². The van der Waals surface area contributed by atoms with E-state index in [4.69, 9.17) is 9.47 Å². The molecule has 0 aliphatic rings. The van der Waals surface area contributed by atoms with E-state index < -0.39 is 0 Å². The molecule has 0 atom stereocenters. The lowest BCUT2D eigenvalue weighted by atomic mass is 10.0. The molecule has 25 heavy (non-hydrogen) atoms. The lowest BCUT2D eigenvalue weighted by molar-refractivity contribution is -0.140. The normalized spacial score (nSPS) is 11.0.